The van der Waals surface area contributed by atoms with Crippen LogP contribution in [0.15, 0.2) is 23.0 Å². The summed E-state index contributed by atoms with van der Waals surface area (Å²) in [5.41, 5.74) is -0.103. The number of rotatable bonds is 2. The number of ether oxygens (including phenoxy) is 1. The molecule has 6 heteroatoms. The van der Waals surface area contributed by atoms with Crippen LogP contribution in [-0.2, 0) is 0 Å². The number of hydrogen-bond donors (Lipinski definition) is 2. The molecule has 2 N–H and O–H groups in total. The summed E-state index contributed by atoms with van der Waals surface area (Å²) in [6, 6.07) is 4.45. The summed E-state index contributed by atoms with van der Waals surface area (Å²) in [5.74, 6) is -0.735. The monoisotopic (exact) mass is 293 g/mol. The van der Waals surface area contributed by atoms with Crippen LogP contribution in [0.2, 0.25) is 0 Å². The quantitative estimate of drug-likeness (QED) is 0.766. The first-order chi connectivity index (χ1) is 8.02. The number of carboxylic acid groups (broad SMARTS) is 1. The minimum absolute atomic E-state index is 0.154. The predicted octanol–water partition coefficient (Wildman–Crippen LogP) is 0.0287. The number of nitrogens with one attached hydrogen (secondary N) is 1. The zero-order valence-corrected chi connectivity index (χ0v) is 10.7. The number of methoxy groups -OCH3 is 1. The molecule has 17 heavy (non-hydrogen) atoms. The molecule has 0 saturated carbocycles. The van der Waals surface area contributed by atoms with E-state index in [1.54, 1.807) is 12.1 Å². The van der Waals surface area contributed by atoms with E-state index in [0.717, 1.165) is 10.4 Å². The number of carboxylic acids is 1. The molecule has 86 valence electrons. The Balaban J connectivity index is 2.91. The van der Waals surface area contributed by atoms with Crippen molar-refractivity contribution in [3.8, 4) is 5.75 Å². The first-order valence-electron chi connectivity index (χ1n) is 4.70. The second-order valence-corrected chi connectivity index (χ2v) is 4.51. The number of fused-ring (bicyclic) bond motifs is 1. The zero-order chi connectivity index (χ0) is 12.6. The minimum atomic E-state index is -1.18. The Labute approximate surface area is 105 Å². The summed E-state index contributed by atoms with van der Waals surface area (Å²) in [6.45, 7) is 0. The van der Waals surface area contributed by atoms with Gasteiger partial charge in [-0.2, -0.15) is 0 Å². The van der Waals surface area contributed by atoms with Crippen molar-refractivity contribution < 1.29 is 14.6 Å². The molecule has 0 unspecified atom stereocenters. The molecular weight excluding hydrogens is 285 g/mol. The number of carbonyl (C=O) groups is 1. The van der Waals surface area contributed by atoms with E-state index >= 15 is 0 Å². The fourth-order valence-corrected chi connectivity index (χ4v) is 2.10. The molecule has 0 atom stereocenters. The molecule has 0 aliphatic carbocycles. The molecular formula is C11H8AsNO4. The Hall–Kier alpha value is -1.74. The number of benzene rings is 1. The molecule has 0 bridgehead atoms. The van der Waals surface area contributed by atoms with E-state index in [2.05, 4.69) is 21.8 Å². The molecule has 2 rings (SSSR count). The molecule has 0 spiro atoms. The zero-order valence-electron chi connectivity index (χ0n) is 8.85. The van der Waals surface area contributed by atoms with Crippen LogP contribution in [0.4, 0.5) is 0 Å². The molecule has 0 aliphatic heterocycles. The van der Waals surface area contributed by atoms with E-state index in [0.29, 0.717) is 16.7 Å². The van der Waals surface area contributed by atoms with Crippen molar-refractivity contribution >= 4 is 38.1 Å². The Morgan fingerprint density at radius 2 is 2.12 bits per heavy atom. The molecule has 0 saturated heterocycles. The number of H-pyrrole nitrogens is 1. The maximum atomic E-state index is 11.8. The summed E-state index contributed by atoms with van der Waals surface area (Å²) < 4.78 is 5.94. The van der Waals surface area contributed by atoms with Crippen LogP contribution in [0.1, 0.15) is 10.5 Å². The van der Waals surface area contributed by atoms with Gasteiger partial charge in [0.25, 0.3) is 0 Å². The van der Waals surface area contributed by atoms with Crippen LogP contribution < -0.4 is 14.5 Å². The maximum absolute atomic E-state index is 11.8. The van der Waals surface area contributed by atoms with Gasteiger partial charge in [-0.25, -0.2) is 0 Å². The second kappa shape index (κ2) is 4.26. The molecule has 0 fully saturated rings. The third kappa shape index (κ3) is 2.06. The van der Waals surface area contributed by atoms with Crippen molar-refractivity contribution in [1.82, 2.24) is 4.98 Å². The van der Waals surface area contributed by atoms with Crippen LogP contribution in [0.3, 0.4) is 0 Å². The van der Waals surface area contributed by atoms with Gasteiger partial charge in [-0.3, -0.25) is 0 Å². The number of pyridine rings is 1. The van der Waals surface area contributed by atoms with Crippen LogP contribution in [0, 0.1) is 0 Å². The number of aromatic nitrogens is 1. The van der Waals surface area contributed by atoms with E-state index in [1.165, 1.54) is 7.11 Å². The Morgan fingerprint density at radius 1 is 1.41 bits per heavy atom. The van der Waals surface area contributed by atoms with Gasteiger partial charge in [0.1, 0.15) is 0 Å². The topological polar surface area (TPSA) is 79.4 Å². The predicted molar refractivity (Wildman–Crippen MR) is 63.5 cm³/mol. The van der Waals surface area contributed by atoms with Crippen molar-refractivity contribution in [2.75, 3.05) is 7.11 Å². The second-order valence-electron chi connectivity index (χ2n) is 3.42. The number of aromatic carboxylic acids is 1. The van der Waals surface area contributed by atoms with E-state index in [1.807, 2.05) is 0 Å². The van der Waals surface area contributed by atoms with Crippen LogP contribution in [0.5, 0.6) is 5.75 Å². The van der Waals surface area contributed by atoms with E-state index < -0.39 is 5.97 Å². The summed E-state index contributed by atoms with van der Waals surface area (Å²) >= 11 is 2.31. The Bertz CT molecular complexity index is 662. The normalized spacial score (nSPS) is 10.5. The number of aromatic amines is 1. The van der Waals surface area contributed by atoms with Gasteiger partial charge in [0.15, 0.2) is 0 Å². The van der Waals surface area contributed by atoms with Crippen LogP contribution >= 0.6 is 0 Å². The fourth-order valence-electron chi connectivity index (χ4n) is 1.58. The van der Waals surface area contributed by atoms with E-state index in [-0.39, 0.29) is 11.1 Å². The van der Waals surface area contributed by atoms with Gasteiger partial charge in [0.2, 0.25) is 0 Å². The molecule has 0 aliphatic rings. The SMILES string of the molecule is COc1cc([As])cc2c(=O)cc(C(=O)O)[nH]c12. The van der Waals surface area contributed by atoms with Crippen molar-refractivity contribution in [2.45, 2.75) is 0 Å². The molecule has 1 aromatic carbocycles. The molecule has 2 aromatic rings. The first-order valence-corrected chi connectivity index (χ1v) is 5.64. The van der Waals surface area contributed by atoms with Crippen molar-refractivity contribution in [3.63, 3.8) is 0 Å². The van der Waals surface area contributed by atoms with E-state index in [4.69, 9.17) is 9.84 Å². The van der Waals surface area contributed by atoms with Crippen molar-refractivity contribution in [1.29, 1.82) is 0 Å². The van der Waals surface area contributed by atoms with Gasteiger partial charge in [-0.05, 0) is 0 Å². The van der Waals surface area contributed by atoms with E-state index in [9.17, 15) is 9.59 Å². The molecule has 0 amide bonds. The Kier molecular flexibility index (Phi) is 2.94. The van der Waals surface area contributed by atoms with Gasteiger partial charge < -0.3 is 0 Å². The average Bonchev–Trinajstić information content (AvgIpc) is 2.28. The number of hydrogen-bond acceptors (Lipinski definition) is 3. The van der Waals surface area contributed by atoms with Gasteiger partial charge >= 0.3 is 105 Å². The first kappa shape index (κ1) is 11.7. The molecule has 1 aromatic heterocycles. The van der Waals surface area contributed by atoms with Crippen molar-refractivity contribution in [2.24, 2.45) is 0 Å². The third-order valence-corrected chi connectivity index (χ3v) is 2.88. The van der Waals surface area contributed by atoms with Crippen LogP contribution in [-0.4, -0.2) is 40.0 Å². The summed E-state index contributed by atoms with van der Waals surface area (Å²) in [6.07, 6.45) is 0. The average molecular weight is 293 g/mol. The van der Waals surface area contributed by atoms with Gasteiger partial charge in [-0.1, -0.05) is 0 Å². The van der Waals surface area contributed by atoms with Crippen LogP contribution in [0.25, 0.3) is 10.9 Å². The molecule has 2 radical (unpaired) electrons. The van der Waals surface area contributed by atoms with Gasteiger partial charge in [0.05, 0.1) is 0 Å². The van der Waals surface area contributed by atoms with Gasteiger partial charge in [0, 0.05) is 0 Å². The fraction of sp³-hybridized carbons (Fsp3) is 0.0909. The van der Waals surface area contributed by atoms with Gasteiger partial charge in [-0.15, -0.1) is 0 Å². The standard InChI is InChI=1S/C11H8AsNO4/c1-17-9-3-5(12)2-6-8(14)4-7(11(15)16)13-10(6)9/h2-4H,1H3,(H,13,14)(H,15,16). The molecule has 1 heterocycles. The Morgan fingerprint density at radius 3 is 2.71 bits per heavy atom. The summed E-state index contributed by atoms with van der Waals surface area (Å²) in [4.78, 5) is 25.3. The summed E-state index contributed by atoms with van der Waals surface area (Å²) in [7, 11) is 1.47. The molecule has 5 nitrogen and oxygen atoms in total. The summed E-state index contributed by atoms with van der Waals surface area (Å²) in [5, 5.41) is 9.28. The van der Waals surface area contributed by atoms with Crippen molar-refractivity contribution in [3.05, 3.63) is 34.1 Å². The third-order valence-electron chi connectivity index (χ3n) is 2.34.